The van der Waals surface area contributed by atoms with Gasteiger partial charge < -0.3 is 13.3 Å². The van der Waals surface area contributed by atoms with Gasteiger partial charge in [-0.3, -0.25) is 0 Å². The summed E-state index contributed by atoms with van der Waals surface area (Å²) in [6.45, 7) is 12.2. The first-order valence-electron chi connectivity index (χ1n) is 6.78. The number of halogens is 1. The molecule has 0 spiro atoms. The molecule has 0 atom stereocenters. The van der Waals surface area contributed by atoms with Gasteiger partial charge in [-0.15, -0.1) is 11.6 Å². The van der Waals surface area contributed by atoms with E-state index in [0.717, 1.165) is 24.8 Å². The van der Waals surface area contributed by atoms with E-state index in [-0.39, 0.29) is 0 Å². The van der Waals surface area contributed by atoms with E-state index in [1.54, 1.807) is 0 Å². The smallest absolute Gasteiger partial charge is 0.373 e. The molecule has 0 aromatic heterocycles. The summed E-state index contributed by atoms with van der Waals surface area (Å²) in [6.07, 6.45) is 2.85. The lowest BCUT2D eigenvalue weighted by Gasteiger charge is -2.30. The van der Waals surface area contributed by atoms with Crippen molar-refractivity contribution < 1.29 is 13.3 Å². The molecule has 0 N–H and O–H groups in total. The standard InChI is InChI=1S/C13H27ClO3Si/c1-5-8-15-18(16-9-6-2,17-10-7-3)12-13(4)11-14/h4-12H2,1-3H3. The normalized spacial score (nSPS) is 11.8. The topological polar surface area (TPSA) is 27.7 Å². The fourth-order valence-corrected chi connectivity index (χ4v) is 4.50. The summed E-state index contributed by atoms with van der Waals surface area (Å²) in [4.78, 5) is 0. The Hall–Kier alpha value is 0.127. The fourth-order valence-electron chi connectivity index (χ4n) is 1.40. The summed E-state index contributed by atoms with van der Waals surface area (Å²) >= 11 is 5.82. The molecule has 0 aromatic rings. The van der Waals surface area contributed by atoms with Crippen molar-refractivity contribution in [1.82, 2.24) is 0 Å². The van der Waals surface area contributed by atoms with Crippen LogP contribution < -0.4 is 0 Å². The summed E-state index contributed by atoms with van der Waals surface area (Å²) in [6, 6.07) is 0.622. The van der Waals surface area contributed by atoms with E-state index >= 15 is 0 Å². The number of hydrogen-bond donors (Lipinski definition) is 0. The maximum Gasteiger partial charge on any atom is 0.505 e. The molecule has 0 unspecified atom stereocenters. The summed E-state index contributed by atoms with van der Waals surface area (Å²) < 4.78 is 17.8. The number of hydrogen-bond acceptors (Lipinski definition) is 3. The van der Waals surface area contributed by atoms with Crippen LogP contribution in [-0.2, 0) is 13.3 Å². The van der Waals surface area contributed by atoms with Gasteiger partial charge in [-0.2, -0.15) is 0 Å². The highest BCUT2D eigenvalue weighted by Crippen LogP contribution is 2.22. The third-order valence-corrected chi connectivity index (χ3v) is 5.48. The molecule has 0 amide bonds. The number of rotatable bonds is 12. The Bertz CT molecular complexity index is 203. The third-order valence-electron chi connectivity index (χ3n) is 2.23. The first-order chi connectivity index (χ1) is 8.64. The predicted molar refractivity (Wildman–Crippen MR) is 79.2 cm³/mol. The van der Waals surface area contributed by atoms with Crippen LogP contribution in [0.15, 0.2) is 12.2 Å². The molecule has 0 rings (SSSR count). The highest BCUT2D eigenvalue weighted by atomic mass is 35.5. The highest BCUT2D eigenvalue weighted by Gasteiger charge is 2.41. The second-order valence-corrected chi connectivity index (χ2v) is 7.14. The van der Waals surface area contributed by atoms with Gasteiger partial charge >= 0.3 is 8.80 Å². The van der Waals surface area contributed by atoms with Crippen LogP contribution in [0.25, 0.3) is 0 Å². The zero-order valence-electron chi connectivity index (χ0n) is 12.0. The summed E-state index contributed by atoms with van der Waals surface area (Å²) in [5.41, 5.74) is 0.923. The fraction of sp³-hybridized carbons (Fsp3) is 0.846. The summed E-state index contributed by atoms with van der Waals surface area (Å²) in [5.74, 6) is 0.426. The molecule has 0 aliphatic rings. The van der Waals surface area contributed by atoms with E-state index in [2.05, 4.69) is 27.4 Å². The van der Waals surface area contributed by atoms with Crippen LogP contribution >= 0.6 is 11.6 Å². The van der Waals surface area contributed by atoms with E-state index in [9.17, 15) is 0 Å². The van der Waals surface area contributed by atoms with Gasteiger partial charge in [-0.25, -0.2) is 0 Å². The van der Waals surface area contributed by atoms with Crippen LogP contribution in [0.2, 0.25) is 6.04 Å². The van der Waals surface area contributed by atoms with E-state index in [1.165, 1.54) is 0 Å². The zero-order chi connectivity index (χ0) is 13.9. The second-order valence-electron chi connectivity index (χ2n) is 4.29. The molecule has 0 fully saturated rings. The zero-order valence-corrected chi connectivity index (χ0v) is 13.7. The molecule has 0 aromatic carbocycles. The Balaban J connectivity index is 4.66. The van der Waals surface area contributed by atoms with Crippen molar-refractivity contribution in [3.05, 3.63) is 12.2 Å². The molecule has 5 heteroatoms. The van der Waals surface area contributed by atoms with Gasteiger partial charge in [0.25, 0.3) is 0 Å². The van der Waals surface area contributed by atoms with Crippen LogP contribution in [0.3, 0.4) is 0 Å². The minimum absolute atomic E-state index is 0.426. The van der Waals surface area contributed by atoms with Gasteiger partial charge in [-0.1, -0.05) is 32.9 Å². The molecule has 0 aliphatic carbocycles. The van der Waals surface area contributed by atoms with Gasteiger partial charge in [-0.05, 0) is 19.3 Å². The van der Waals surface area contributed by atoms with Crippen molar-refractivity contribution in [2.45, 2.75) is 46.1 Å². The minimum atomic E-state index is -2.63. The number of allylic oxidation sites excluding steroid dienone is 1. The van der Waals surface area contributed by atoms with Crippen LogP contribution in [0.4, 0.5) is 0 Å². The van der Waals surface area contributed by atoms with Gasteiger partial charge in [0.05, 0.1) is 0 Å². The van der Waals surface area contributed by atoms with Crippen molar-refractivity contribution in [3.8, 4) is 0 Å². The number of alkyl halides is 1. The molecular formula is C13H27ClO3Si. The Morgan fingerprint density at radius 2 is 1.33 bits per heavy atom. The van der Waals surface area contributed by atoms with Gasteiger partial charge in [0, 0.05) is 31.7 Å². The molecule has 0 saturated heterocycles. The first-order valence-corrected chi connectivity index (χ1v) is 9.25. The van der Waals surface area contributed by atoms with Crippen LogP contribution in [0, 0.1) is 0 Å². The maximum absolute atomic E-state index is 5.93. The van der Waals surface area contributed by atoms with E-state index in [4.69, 9.17) is 24.9 Å². The summed E-state index contributed by atoms with van der Waals surface area (Å²) in [5, 5.41) is 0. The molecule has 18 heavy (non-hydrogen) atoms. The molecule has 0 aliphatic heterocycles. The Morgan fingerprint density at radius 1 is 0.944 bits per heavy atom. The van der Waals surface area contributed by atoms with Crippen molar-refractivity contribution in [1.29, 1.82) is 0 Å². The Morgan fingerprint density at radius 3 is 1.61 bits per heavy atom. The van der Waals surface area contributed by atoms with E-state index in [0.29, 0.717) is 31.7 Å². The van der Waals surface area contributed by atoms with Gasteiger partial charge in [0.15, 0.2) is 0 Å². The molecular weight excluding hydrogens is 268 g/mol. The Labute approximate surface area is 118 Å². The van der Waals surface area contributed by atoms with Crippen molar-refractivity contribution in [2.24, 2.45) is 0 Å². The largest absolute Gasteiger partial charge is 0.505 e. The lowest BCUT2D eigenvalue weighted by Crippen LogP contribution is -2.47. The molecule has 108 valence electrons. The minimum Gasteiger partial charge on any atom is -0.373 e. The van der Waals surface area contributed by atoms with Gasteiger partial charge in [0.2, 0.25) is 0 Å². The SMILES string of the molecule is C=C(CCl)C[Si](OCCC)(OCCC)OCCC. The average Bonchev–Trinajstić information content (AvgIpc) is 2.40. The quantitative estimate of drug-likeness (QED) is 0.309. The molecule has 0 saturated carbocycles. The monoisotopic (exact) mass is 294 g/mol. The maximum atomic E-state index is 5.93. The lowest BCUT2D eigenvalue weighted by molar-refractivity contribution is 0.0614. The second kappa shape index (κ2) is 11.0. The van der Waals surface area contributed by atoms with Crippen LogP contribution in [-0.4, -0.2) is 34.5 Å². The predicted octanol–water partition coefficient (Wildman–Crippen LogP) is 4.00. The summed E-state index contributed by atoms with van der Waals surface area (Å²) in [7, 11) is -2.63. The van der Waals surface area contributed by atoms with E-state index < -0.39 is 8.80 Å². The van der Waals surface area contributed by atoms with Crippen LogP contribution in [0.1, 0.15) is 40.0 Å². The molecule has 0 bridgehead atoms. The van der Waals surface area contributed by atoms with Crippen LogP contribution in [0.5, 0.6) is 0 Å². The third kappa shape index (κ3) is 7.54. The van der Waals surface area contributed by atoms with Gasteiger partial charge in [0.1, 0.15) is 0 Å². The Kier molecular flexibility index (Phi) is 11.1. The van der Waals surface area contributed by atoms with E-state index in [1.807, 2.05) is 0 Å². The van der Waals surface area contributed by atoms with Crippen molar-refractivity contribution in [3.63, 3.8) is 0 Å². The first kappa shape index (κ1) is 18.1. The average molecular weight is 295 g/mol. The molecule has 0 heterocycles. The molecule has 3 nitrogen and oxygen atoms in total. The van der Waals surface area contributed by atoms with Crippen molar-refractivity contribution >= 4 is 20.4 Å². The van der Waals surface area contributed by atoms with Crippen molar-refractivity contribution in [2.75, 3.05) is 25.7 Å². The highest BCUT2D eigenvalue weighted by molar-refractivity contribution is 6.61. The molecule has 0 radical (unpaired) electrons. The lowest BCUT2D eigenvalue weighted by atomic mass is 10.4.